The van der Waals surface area contributed by atoms with E-state index in [0.717, 1.165) is 36.5 Å². The van der Waals surface area contributed by atoms with E-state index in [-0.39, 0.29) is 18.1 Å². The molecule has 2 rings (SSSR count). The summed E-state index contributed by atoms with van der Waals surface area (Å²) in [5.41, 5.74) is 0.739. The number of anilines is 1. The van der Waals surface area contributed by atoms with Gasteiger partial charge in [0.05, 0.1) is 0 Å². The number of halogens is 1. The molecule has 1 fully saturated rings. The van der Waals surface area contributed by atoms with Gasteiger partial charge >= 0.3 is 0 Å². The number of aromatic nitrogens is 2. The Morgan fingerprint density at radius 1 is 1.30 bits per heavy atom. The van der Waals surface area contributed by atoms with E-state index in [1.165, 1.54) is 0 Å². The molecule has 20 heavy (non-hydrogen) atoms. The average molecular weight is 298 g/mol. The smallest absolute Gasteiger partial charge is 0.137 e. The van der Waals surface area contributed by atoms with Gasteiger partial charge in [0.15, 0.2) is 0 Å². The van der Waals surface area contributed by atoms with E-state index in [1.807, 2.05) is 6.92 Å². The Labute approximate surface area is 126 Å². The lowest BCUT2D eigenvalue weighted by Gasteiger charge is -2.23. The lowest BCUT2D eigenvalue weighted by atomic mass is 9.95. The van der Waals surface area contributed by atoms with Gasteiger partial charge in [-0.2, -0.15) is 0 Å². The van der Waals surface area contributed by atoms with Gasteiger partial charge in [-0.1, -0.05) is 38.8 Å². The number of aliphatic hydroxyl groups excluding tert-OH is 1. The molecule has 1 saturated carbocycles. The predicted molar refractivity (Wildman–Crippen MR) is 82.3 cm³/mol. The first-order chi connectivity index (χ1) is 9.32. The van der Waals surface area contributed by atoms with Crippen molar-refractivity contribution in [3.63, 3.8) is 0 Å². The van der Waals surface area contributed by atoms with E-state index < -0.39 is 0 Å². The number of hydrogen-bond donors (Lipinski definition) is 2. The van der Waals surface area contributed by atoms with Crippen LogP contribution in [0.2, 0.25) is 5.15 Å². The number of nitrogens with one attached hydrogen (secondary N) is 1. The first-order valence-electron chi connectivity index (χ1n) is 7.25. The molecular formula is C15H24ClN3O. The van der Waals surface area contributed by atoms with E-state index in [2.05, 4.69) is 36.1 Å². The van der Waals surface area contributed by atoms with Crippen molar-refractivity contribution in [3.8, 4) is 0 Å². The molecule has 2 N–H and O–H groups in total. The van der Waals surface area contributed by atoms with E-state index >= 15 is 0 Å². The van der Waals surface area contributed by atoms with Crippen molar-refractivity contribution in [2.75, 3.05) is 11.9 Å². The van der Waals surface area contributed by atoms with Gasteiger partial charge in [-0.15, -0.1) is 0 Å². The second-order valence-corrected chi connectivity index (χ2v) is 7.04. The zero-order chi connectivity index (χ0) is 14.9. The van der Waals surface area contributed by atoms with Crippen molar-refractivity contribution in [2.45, 2.75) is 58.4 Å². The predicted octanol–water partition coefficient (Wildman–Crippen LogP) is 3.31. The molecule has 1 aromatic rings. The van der Waals surface area contributed by atoms with Crippen LogP contribution in [0, 0.1) is 12.8 Å². The molecule has 1 aliphatic carbocycles. The Morgan fingerprint density at radius 2 is 2.00 bits per heavy atom. The van der Waals surface area contributed by atoms with Gasteiger partial charge in [0.1, 0.15) is 16.8 Å². The van der Waals surface area contributed by atoms with Crippen LogP contribution in [-0.2, 0) is 5.41 Å². The van der Waals surface area contributed by atoms with Gasteiger partial charge in [-0.05, 0) is 19.8 Å². The molecule has 0 amide bonds. The summed E-state index contributed by atoms with van der Waals surface area (Å²) in [6.45, 7) is 8.37. The van der Waals surface area contributed by atoms with Crippen LogP contribution in [0.25, 0.3) is 0 Å². The fourth-order valence-electron chi connectivity index (χ4n) is 2.59. The fraction of sp³-hybridized carbons (Fsp3) is 0.733. The Morgan fingerprint density at radius 3 is 2.60 bits per heavy atom. The highest BCUT2D eigenvalue weighted by atomic mass is 35.5. The Hall–Kier alpha value is -0.870. The van der Waals surface area contributed by atoms with Crippen molar-refractivity contribution < 1.29 is 5.11 Å². The molecule has 5 heteroatoms. The summed E-state index contributed by atoms with van der Waals surface area (Å²) in [5.74, 6) is 1.86. The first-order valence-corrected chi connectivity index (χ1v) is 7.62. The third kappa shape index (κ3) is 3.23. The van der Waals surface area contributed by atoms with Crippen molar-refractivity contribution in [2.24, 2.45) is 5.92 Å². The van der Waals surface area contributed by atoms with Gasteiger partial charge < -0.3 is 10.4 Å². The van der Waals surface area contributed by atoms with Gasteiger partial charge in [-0.25, -0.2) is 9.97 Å². The van der Waals surface area contributed by atoms with Crippen LogP contribution in [0.5, 0.6) is 0 Å². The number of nitrogens with zero attached hydrogens (tertiary/aromatic N) is 2. The van der Waals surface area contributed by atoms with Crippen LogP contribution in [0.4, 0.5) is 5.82 Å². The summed E-state index contributed by atoms with van der Waals surface area (Å²) in [5, 5.41) is 13.4. The summed E-state index contributed by atoms with van der Waals surface area (Å²) < 4.78 is 0. The Bertz CT molecular complexity index is 485. The molecule has 0 saturated heterocycles. The second kappa shape index (κ2) is 5.86. The van der Waals surface area contributed by atoms with Gasteiger partial charge in [0.25, 0.3) is 0 Å². The summed E-state index contributed by atoms with van der Waals surface area (Å²) >= 11 is 6.24. The number of aliphatic hydroxyl groups is 1. The van der Waals surface area contributed by atoms with Gasteiger partial charge in [0.2, 0.25) is 0 Å². The van der Waals surface area contributed by atoms with Crippen LogP contribution in [0.15, 0.2) is 0 Å². The number of rotatable bonds is 3. The molecule has 1 aliphatic rings. The standard InChI is InChI=1S/C15H24ClN3O/c1-9-12(16)18-14(15(2,3)4)19-13(9)17-11-7-5-6-10(11)8-20/h10-11,20H,5-8H2,1-4H3,(H,17,18,19). The quantitative estimate of drug-likeness (QED) is 0.841. The molecule has 1 aromatic heterocycles. The average Bonchev–Trinajstić information content (AvgIpc) is 2.80. The zero-order valence-corrected chi connectivity index (χ0v) is 13.5. The van der Waals surface area contributed by atoms with E-state index in [0.29, 0.717) is 11.1 Å². The number of hydrogen-bond acceptors (Lipinski definition) is 4. The van der Waals surface area contributed by atoms with Crippen LogP contribution in [-0.4, -0.2) is 27.7 Å². The highest BCUT2D eigenvalue weighted by molar-refractivity contribution is 6.30. The topological polar surface area (TPSA) is 58.0 Å². The van der Waals surface area contributed by atoms with Crippen LogP contribution < -0.4 is 5.32 Å². The molecule has 0 aromatic carbocycles. The SMILES string of the molecule is Cc1c(Cl)nc(C(C)(C)C)nc1NC1CCCC1CO. The highest BCUT2D eigenvalue weighted by Gasteiger charge is 2.28. The van der Waals surface area contributed by atoms with Crippen LogP contribution >= 0.6 is 11.6 Å². The van der Waals surface area contributed by atoms with Gasteiger partial charge in [0, 0.05) is 29.5 Å². The van der Waals surface area contributed by atoms with Crippen molar-refractivity contribution in [1.29, 1.82) is 0 Å². The molecule has 0 spiro atoms. The van der Waals surface area contributed by atoms with E-state index in [1.54, 1.807) is 0 Å². The van der Waals surface area contributed by atoms with Crippen molar-refractivity contribution >= 4 is 17.4 Å². The maximum atomic E-state index is 9.42. The van der Waals surface area contributed by atoms with Crippen LogP contribution in [0.3, 0.4) is 0 Å². The minimum atomic E-state index is -0.139. The minimum absolute atomic E-state index is 0.139. The summed E-state index contributed by atoms with van der Waals surface area (Å²) in [7, 11) is 0. The minimum Gasteiger partial charge on any atom is -0.396 e. The molecule has 2 unspecified atom stereocenters. The molecule has 0 radical (unpaired) electrons. The molecule has 1 heterocycles. The highest BCUT2D eigenvalue weighted by Crippen LogP contribution is 2.31. The summed E-state index contributed by atoms with van der Waals surface area (Å²) in [6.07, 6.45) is 3.28. The third-order valence-corrected chi connectivity index (χ3v) is 4.34. The van der Waals surface area contributed by atoms with E-state index in [9.17, 15) is 5.11 Å². The third-order valence-electron chi connectivity index (χ3n) is 3.97. The van der Waals surface area contributed by atoms with E-state index in [4.69, 9.17) is 11.6 Å². The molecule has 112 valence electrons. The Kier molecular flexibility index (Phi) is 4.55. The molecule has 0 aliphatic heterocycles. The fourth-order valence-corrected chi connectivity index (χ4v) is 2.76. The largest absolute Gasteiger partial charge is 0.396 e. The van der Waals surface area contributed by atoms with Crippen molar-refractivity contribution in [3.05, 3.63) is 16.5 Å². The van der Waals surface area contributed by atoms with Crippen molar-refractivity contribution in [1.82, 2.24) is 9.97 Å². The molecule has 2 atom stereocenters. The molecule has 0 bridgehead atoms. The van der Waals surface area contributed by atoms with Crippen LogP contribution in [0.1, 0.15) is 51.4 Å². The normalized spacial score (nSPS) is 23.1. The monoisotopic (exact) mass is 297 g/mol. The maximum Gasteiger partial charge on any atom is 0.137 e. The first kappa shape index (κ1) is 15.5. The lowest BCUT2D eigenvalue weighted by Crippen LogP contribution is -2.28. The summed E-state index contributed by atoms with van der Waals surface area (Å²) in [6, 6.07) is 0.275. The Balaban J connectivity index is 2.29. The zero-order valence-electron chi connectivity index (χ0n) is 12.7. The molecule has 4 nitrogen and oxygen atoms in total. The van der Waals surface area contributed by atoms with Gasteiger partial charge in [-0.3, -0.25) is 0 Å². The maximum absolute atomic E-state index is 9.42. The second-order valence-electron chi connectivity index (χ2n) is 6.69. The molecular weight excluding hydrogens is 274 g/mol. The summed E-state index contributed by atoms with van der Waals surface area (Å²) in [4.78, 5) is 9.03. The lowest BCUT2D eigenvalue weighted by molar-refractivity contribution is 0.222.